The van der Waals surface area contributed by atoms with E-state index in [1.165, 1.54) is 22.6 Å². The molecule has 0 aromatic heterocycles. The topological polar surface area (TPSA) is 37.3 Å². The largest absolute Gasteiger partial charge is 0.478 e. The van der Waals surface area contributed by atoms with Gasteiger partial charge in [-0.05, 0) is 34.7 Å². The van der Waals surface area contributed by atoms with E-state index in [2.05, 4.69) is 0 Å². The number of rotatable bonds is 1. The minimum absolute atomic E-state index is 0.208. The van der Waals surface area contributed by atoms with E-state index in [-0.39, 0.29) is 9.13 Å². The summed E-state index contributed by atoms with van der Waals surface area (Å²) in [5.74, 6) is -3.42. The summed E-state index contributed by atoms with van der Waals surface area (Å²) in [5, 5.41) is 8.49. The van der Waals surface area contributed by atoms with Crippen molar-refractivity contribution in [3.8, 4) is 0 Å². The molecule has 64 valence electrons. The van der Waals surface area contributed by atoms with Crippen molar-refractivity contribution in [3.63, 3.8) is 0 Å². The molecule has 5 heteroatoms. The summed E-state index contributed by atoms with van der Waals surface area (Å²) >= 11 is 1.45. The fraction of sp³-hybridized carbons (Fsp3) is 0. The second-order valence-corrected chi connectivity index (χ2v) is 3.11. The highest BCUT2D eigenvalue weighted by Crippen LogP contribution is 2.18. The van der Waals surface area contributed by atoms with Gasteiger partial charge in [0.2, 0.25) is 0 Å². The van der Waals surface area contributed by atoms with Gasteiger partial charge in [0.25, 0.3) is 0 Å². The maximum absolute atomic E-state index is 12.7. The Labute approximate surface area is 80.3 Å². The summed E-state index contributed by atoms with van der Waals surface area (Å²) in [6, 6.07) is 1.82. The Hall–Kier alpha value is -0.720. The van der Waals surface area contributed by atoms with E-state index in [1.807, 2.05) is 0 Å². The molecule has 1 N–H and O–H groups in total. The van der Waals surface area contributed by atoms with Gasteiger partial charge >= 0.3 is 5.97 Å². The van der Waals surface area contributed by atoms with Crippen molar-refractivity contribution in [2.24, 2.45) is 0 Å². The van der Waals surface area contributed by atoms with Crippen molar-refractivity contribution < 1.29 is 18.7 Å². The van der Waals surface area contributed by atoms with Gasteiger partial charge in [-0.2, -0.15) is 0 Å². The van der Waals surface area contributed by atoms with Crippen molar-refractivity contribution in [3.05, 3.63) is 32.9 Å². The first-order valence-corrected chi connectivity index (χ1v) is 3.98. The molecule has 12 heavy (non-hydrogen) atoms. The average molecular weight is 284 g/mol. The van der Waals surface area contributed by atoms with Crippen molar-refractivity contribution in [2.75, 3.05) is 0 Å². The van der Waals surface area contributed by atoms with E-state index in [0.29, 0.717) is 0 Å². The van der Waals surface area contributed by atoms with Gasteiger partial charge in [0.15, 0.2) is 11.6 Å². The normalized spacial score (nSPS) is 9.92. The molecule has 0 aliphatic heterocycles. The second kappa shape index (κ2) is 3.34. The quantitative estimate of drug-likeness (QED) is 0.634. The van der Waals surface area contributed by atoms with Crippen LogP contribution in [0.4, 0.5) is 8.78 Å². The Morgan fingerprint density at radius 3 is 2.50 bits per heavy atom. The number of halogens is 3. The molecule has 1 aromatic carbocycles. The molecule has 0 aliphatic carbocycles. The molecule has 0 saturated carbocycles. The van der Waals surface area contributed by atoms with Gasteiger partial charge < -0.3 is 5.11 Å². The maximum Gasteiger partial charge on any atom is 0.336 e. The van der Waals surface area contributed by atoms with E-state index in [9.17, 15) is 13.6 Å². The number of hydrogen-bond acceptors (Lipinski definition) is 1. The van der Waals surface area contributed by atoms with Crippen LogP contribution < -0.4 is 0 Å². The van der Waals surface area contributed by atoms with E-state index >= 15 is 0 Å². The van der Waals surface area contributed by atoms with E-state index in [0.717, 1.165) is 12.1 Å². The molecule has 1 rings (SSSR count). The van der Waals surface area contributed by atoms with Crippen LogP contribution in [-0.4, -0.2) is 11.1 Å². The van der Waals surface area contributed by atoms with Crippen LogP contribution in [-0.2, 0) is 0 Å². The van der Waals surface area contributed by atoms with Crippen LogP contribution in [0, 0.1) is 15.2 Å². The zero-order valence-electron chi connectivity index (χ0n) is 5.64. The Morgan fingerprint density at radius 1 is 1.42 bits per heavy atom. The van der Waals surface area contributed by atoms with Gasteiger partial charge in [-0.1, -0.05) is 0 Å². The van der Waals surface area contributed by atoms with Crippen LogP contribution in [0.1, 0.15) is 10.4 Å². The highest BCUT2D eigenvalue weighted by Gasteiger charge is 2.14. The monoisotopic (exact) mass is 284 g/mol. The van der Waals surface area contributed by atoms with Crippen LogP contribution in [0.25, 0.3) is 0 Å². The molecule has 0 spiro atoms. The summed E-state index contributed by atoms with van der Waals surface area (Å²) in [6.07, 6.45) is 0. The lowest BCUT2D eigenvalue weighted by Crippen LogP contribution is -2.03. The zero-order valence-corrected chi connectivity index (χ0v) is 7.80. The van der Waals surface area contributed by atoms with Crippen LogP contribution in [0.3, 0.4) is 0 Å². The van der Waals surface area contributed by atoms with Crippen molar-refractivity contribution >= 4 is 28.6 Å². The Balaban J connectivity index is 3.36. The average Bonchev–Trinajstić information content (AvgIpc) is 2.00. The fourth-order valence-electron chi connectivity index (χ4n) is 0.691. The Morgan fingerprint density at radius 2 is 2.00 bits per heavy atom. The molecule has 0 amide bonds. The standard InChI is InChI=1S/C7H3F2IO2/c8-4-2-1-3(7(11)12)6(10)5(4)9/h1-2H,(H,11,12). The molecule has 0 aliphatic rings. The molecule has 0 saturated heterocycles. The number of carboxylic acids is 1. The molecule has 0 fully saturated rings. The third-order valence-electron chi connectivity index (χ3n) is 1.27. The van der Waals surface area contributed by atoms with Gasteiger partial charge in [-0.15, -0.1) is 0 Å². The predicted octanol–water partition coefficient (Wildman–Crippen LogP) is 2.27. The Bertz CT molecular complexity index is 338. The minimum atomic E-state index is -1.27. The van der Waals surface area contributed by atoms with Crippen molar-refractivity contribution in [1.29, 1.82) is 0 Å². The summed E-state index contributed by atoms with van der Waals surface area (Å²) < 4.78 is 24.9. The van der Waals surface area contributed by atoms with Crippen molar-refractivity contribution in [2.45, 2.75) is 0 Å². The minimum Gasteiger partial charge on any atom is -0.478 e. The van der Waals surface area contributed by atoms with Gasteiger partial charge in [-0.25, -0.2) is 13.6 Å². The highest BCUT2D eigenvalue weighted by molar-refractivity contribution is 14.1. The lowest BCUT2D eigenvalue weighted by atomic mass is 10.2. The third kappa shape index (κ3) is 1.55. The summed E-state index contributed by atoms with van der Waals surface area (Å²) in [5.41, 5.74) is -0.227. The first kappa shape index (κ1) is 9.37. The van der Waals surface area contributed by atoms with Crippen molar-refractivity contribution in [1.82, 2.24) is 0 Å². The number of hydrogen-bond donors (Lipinski definition) is 1. The molecule has 0 heterocycles. The lowest BCUT2D eigenvalue weighted by Gasteiger charge is -1.99. The number of carbonyl (C=O) groups is 1. The number of carboxylic acid groups (broad SMARTS) is 1. The van der Waals surface area contributed by atoms with E-state index in [4.69, 9.17) is 5.11 Å². The SMILES string of the molecule is O=C(O)c1ccc(F)c(F)c1I. The number of benzene rings is 1. The zero-order chi connectivity index (χ0) is 9.30. The molecular formula is C7H3F2IO2. The third-order valence-corrected chi connectivity index (χ3v) is 2.32. The summed E-state index contributed by atoms with van der Waals surface area (Å²) in [6.45, 7) is 0. The molecular weight excluding hydrogens is 281 g/mol. The van der Waals surface area contributed by atoms with Gasteiger partial charge in [0.05, 0.1) is 9.13 Å². The van der Waals surface area contributed by atoms with E-state index in [1.54, 1.807) is 0 Å². The summed E-state index contributed by atoms with van der Waals surface area (Å²) in [7, 11) is 0. The fourth-order valence-corrected chi connectivity index (χ4v) is 1.36. The second-order valence-electron chi connectivity index (χ2n) is 2.03. The highest BCUT2D eigenvalue weighted by atomic mass is 127. The molecule has 0 unspecified atom stereocenters. The van der Waals surface area contributed by atoms with Gasteiger partial charge in [0, 0.05) is 0 Å². The van der Waals surface area contributed by atoms with Crippen LogP contribution >= 0.6 is 22.6 Å². The van der Waals surface area contributed by atoms with Crippen LogP contribution in [0.15, 0.2) is 12.1 Å². The Kier molecular flexibility index (Phi) is 2.61. The maximum atomic E-state index is 12.7. The molecule has 0 bridgehead atoms. The molecule has 0 atom stereocenters. The summed E-state index contributed by atoms with van der Waals surface area (Å²) in [4.78, 5) is 10.4. The molecule has 1 aromatic rings. The lowest BCUT2D eigenvalue weighted by molar-refractivity contribution is 0.0695. The van der Waals surface area contributed by atoms with E-state index < -0.39 is 17.6 Å². The van der Waals surface area contributed by atoms with Gasteiger partial charge in [-0.3, -0.25) is 0 Å². The predicted molar refractivity (Wildman–Crippen MR) is 46.0 cm³/mol. The van der Waals surface area contributed by atoms with Crippen LogP contribution in [0.5, 0.6) is 0 Å². The molecule has 2 nitrogen and oxygen atoms in total. The first-order chi connectivity index (χ1) is 5.54. The first-order valence-electron chi connectivity index (χ1n) is 2.91. The number of aromatic carboxylic acids is 1. The van der Waals surface area contributed by atoms with Gasteiger partial charge in [0.1, 0.15) is 0 Å². The van der Waals surface area contributed by atoms with Crippen LogP contribution in [0.2, 0.25) is 0 Å². The smallest absolute Gasteiger partial charge is 0.336 e. The molecule has 0 radical (unpaired) electrons.